The summed E-state index contributed by atoms with van der Waals surface area (Å²) in [5, 5.41) is 0.249. The fraction of sp³-hybridized carbons (Fsp3) is 0.105. The van der Waals surface area contributed by atoms with E-state index in [0.717, 1.165) is 16.7 Å². The highest BCUT2D eigenvalue weighted by molar-refractivity contribution is 7.93. The third-order valence-electron chi connectivity index (χ3n) is 4.41. The molecule has 0 aliphatic carbocycles. The van der Waals surface area contributed by atoms with Gasteiger partial charge in [0.1, 0.15) is 4.90 Å². The molecule has 7 heteroatoms. The van der Waals surface area contributed by atoms with Gasteiger partial charge in [-0.3, -0.25) is 9.29 Å². The highest BCUT2D eigenvalue weighted by Gasteiger charge is 2.33. The van der Waals surface area contributed by atoms with E-state index in [0.29, 0.717) is 18.7 Å². The normalized spacial score (nSPS) is 13.7. The molecule has 0 radical (unpaired) electrons. The number of fused-ring (bicyclic) bond motifs is 1. The molecule has 0 spiro atoms. The zero-order valence-electron chi connectivity index (χ0n) is 13.6. The Hall–Kier alpha value is -2.08. The summed E-state index contributed by atoms with van der Waals surface area (Å²) < 4.78 is 27.7. The van der Waals surface area contributed by atoms with E-state index in [1.54, 1.807) is 18.5 Å². The summed E-state index contributed by atoms with van der Waals surface area (Å²) in [5.74, 6) is 0. The molecule has 26 heavy (non-hydrogen) atoms. The van der Waals surface area contributed by atoms with Gasteiger partial charge in [-0.05, 0) is 59.5 Å². The Bertz CT molecular complexity index is 1070. The Balaban J connectivity index is 1.77. The molecule has 0 atom stereocenters. The molecule has 0 saturated carbocycles. The molecule has 1 aliphatic rings. The van der Waals surface area contributed by atoms with E-state index < -0.39 is 10.0 Å². The summed E-state index contributed by atoms with van der Waals surface area (Å²) in [6.45, 7) is 0.360. The number of benzene rings is 2. The van der Waals surface area contributed by atoms with Crippen molar-refractivity contribution in [1.82, 2.24) is 4.98 Å². The van der Waals surface area contributed by atoms with Gasteiger partial charge < -0.3 is 0 Å². The molecule has 4 rings (SSSR count). The number of aromatic nitrogens is 1. The fourth-order valence-corrected chi connectivity index (χ4v) is 5.78. The van der Waals surface area contributed by atoms with Crippen LogP contribution in [0, 0.1) is 0 Å². The lowest BCUT2D eigenvalue weighted by Gasteiger charge is -2.21. The van der Waals surface area contributed by atoms with E-state index in [1.165, 1.54) is 16.4 Å². The summed E-state index contributed by atoms with van der Waals surface area (Å²) >= 11 is 12.3. The van der Waals surface area contributed by atoms with Crippen LogP contribution < -0.4 is 4.31 Å². The number of rotatable bonds is 3. The van der Waals surface area contributed by atoms with Crippen LogP contribution in [0.5, 0.6) is 0 Å². The molecule has 132 valence electrons. The first kappa shape index (κ1) is 17.3. The van der Waals surface area contributed by atoms with Crippen LogP contribution in [-0.2, 0) is 16.4 Å². The summed E-state index contributed by atoms with van der Waals surface area (Å²) in [6, 6.07) is 14.3. The van der Waals surface area contributed by atoms with E-state index in [2.05, 4.69) is 4.98 Å². The molecule has 2 aromatic carbocycles. The first-order valence-corrected chi connectivity index (χ1v) is 10.2. The predicted octanol–water partition coefficient (Wildman–Crippen LogP) is 4.81. The zero-order valence-corrected chi connectivity index (χ0v) is 15.9. The second-order valence-corrected chi connectivity index (χ2v) is 8.57. The van der Waals surface area contributed by atoms with Crippen LogP contribution in [0.3, 0.4) is 0 Å². The largest absolute Gasteiger partial charge is 0.267 e. The number of nitrogens with zero attached hydrogens (tertiary/aromatic N) is 2. The van der Waals surface area contributed by atoms with Crippen LogP contribution in [0.25, 0.3) is 11.1 Å². The lowest BCUT2D eigenvalue weighted by molar-refractivity contribution is 0.592. The van der Waals surface area contributed by atoms with Gasteiger partial charge in [-0.25, -0.2) is 8.42 Å². The zero-order chi connectivity index (χ0) is 18.3. The molecule has 3 aromatic rings. The van der Waals surface area contributed by atoms with Gasteiger partial charge in [0.2, 0.25) is 0 Å². The minimum Gasteiger partial charge on any atom is -0.266 e. The van der Waals surface area contributed by atoms with Gasteiger partial charge in [-0.2, -0.15) is 0 Å². The Morgan fingerprint density at radius 2 is 1.62 bits per heavy atom. The van der Waals surface area contributed by atoms with E-state index >= 15 is 0 Å². The van der Waals surface area contributed by atoms with Crippen molar-refractivity contribution in [3.63, 3.8) is 0 Å². The second kappa shape index (κ2) is 6.58. The summed E-state index contributed by atoms with van der Waals surface area (Å²) in [7, 11) is -3.83. The van der Waals surface area contributed by atoms with Crippen LogP contribution in [0.1, 0.15) is 5.56 Å². The van der Waals surface area contributed by atoms with Crippen molar-refractivity contribution in [2.75, 3.05) is 10.8 Å². The lowest BCUT2D eigenvalue weighted by atomic mass is 10.0. The summed E-state index contributed by atoms with van der Waals surface area (Å²) in [6.07, 6.45) is 4.10. The van der Waals surface area contributed by atoms with Gasteiger partial charge in [0.15, 0.2) is 0 Å². The van der Waals surface area contributed by atoms with Gasteiger partial charge in [0, 0.05) is 18.9 Å². The molecule has 0 unspecified atom stereocenters. The molecule has 0 saturated heterocycles. The van der Waals surface area contributed by atoms with Gasteiger partial charge >= 0.3 is 0 Å². The second-order valence-electron chi connectivity index (χ2n) is 5.96. The van der Waals surface area contributed by atoms with Gasteiger partial charge in [0.25, 0.3) is 10.0 Å². The maximum Gasteiger partial charge on any atom is 0.267 e. The third kappa shape index (κ3) is 2.86. The first-order valence-electron chi connectivity index (χ1n) is 7.98. The Morgan fingerprint density at radius 1 is 0.923 bits per heavy atom. The number of pyridine rings is 1. The minimum absolute atomic E-state index is 0.0469. The highest BCUT2D eigenvalue weighted by atomic mass is 35.5. The topological polar surface area (TPSA) is 50.3 Å². The van der Waals surface area contributed by atoms with Crippen LogP contribution >= 0.6 is 23.2 Å². The minimum atomic E-state index is -3.83. The molecule has 1 aromatic heterocycles. The lowest BCUT2D eigenvalue weighted by Crippen LogP contribution is -2.29. The number of sulfonamides is 1. The van der Waals surface area contributed by atoms with Crippen LogP contribution in [0.4, 0.5) is 5.69 Å². The van der Waals surface area contributed by atoms with Crippen molar-refractivity contribution >= 4 is 38.9 Å². The molecule has 0 N–H and O–H groups in total. The Morgan fingerprint density at radius 3 is 2.31 bits per heavy atom. The standard InChI is InChI=1S/C19H14Cl2N2O2S/c20-16-2-1-3-17(21)19(16)26(24,25)23-11-8-15-12-14(4-5-18(15)23)13-6-9-22-10-7-13/h1-7,9-10,12H,8,11H2. The van der Waals surface area contributed by atoms with E-state index in [-0.39, 0.29) is 14.9 Å². The van der Waals surface area contributed by atoms with Crippen molar-refractivity contribution in [1.29, 1.82) is 0 Å². The van der Waals surface area contributed by atoms with E-state index in [1.807, 2.05) is 30.3 Å². The molecular weight excluding hydrogens is 391 g/mol. The fourth-order valence-electron chi connectivity index (χ4n) is 3.18. The Kier molecular flexibility index (Phi) is 4.39. The number of hydrogen-bond donors (Lipinski definition) is 0. The first-order chi connectivity index (χ1) is 12.5. The maximum absolute atomic E-state index is 13.1. The van der Waals surface area contributed by atoms with Crippen molar-refractivity contribution < 1.29 is 8.42 Å². The Labute approximate surface area is 162 Å². The van der Waals surface area contributed by atoms with Gasteiger partial charge in [-0.1, -0.05) is 35.3 Å². The number of halogens is 2. The third-order valence-corrected chi connectivity index (χ3v) is 7.18. The SMILES string of the molecule is O=S(=O)(c1c(Cl)cccc1Cl)N1CCc2cc(-c3ccncc3)ccc21. The summed E-state index contributed by atoms with van der Waals surface area (Å²) in [5.41, 5.74) is 3.71. The average molecular weight is 405 g/mol. The molecule has 0 amide bonds. The maximum atomic E-state index is 13.1. The van der Waals surface area contributed by atoms with Crippen molar-refractivity contribution in [2.24, 2.45) is 0 Å². The number of hydrogen-bond acceptors (Lipinski definition) is 3. The van der Waals surface area contributed by atoms with E-state index in [4.69, 9.17) is 23.2 Å². The van der Waals surface area contributed by atoms with E-state index in [9.17, 15) is 8.42 Å². The van der Waals surface area contributed by atoms with Crippen LogP contribution in [0.2, 0.25) is 10.0 Å². The van der Waals surface area contributed by atoms with Crippen molar-refractivity contribution in [3.05, 3.63) is 76.5 Å². The van der Waals surface area contributed by atoms with Crippen molar-refractivity contribution in [2.45, 2.75) is 11.3 Å². The van der Waals surface area contributed by atoms with Crippen molar-refractivity contribution in [3.8, 4) is 11.1 Å². The molecule has 0 bridgehead atoms. The molecule has 1 aliphatic heterocycles. The van der Waals surface area contributed by atoms with Gasteiger partial charge in [-0.15, -0.1) is 0 Å². The molecule has 4 nitrogen and oxygen atoms in total. The van der Waals surface area contributed by atoms with Crippen LogP contribution in [-0.4, -0.2) is 19.9 Å². The molecule has 0 fully saturated rings. The smallest absolute Gasteiger partial charge is 0.266 e. The van der Waals surface area contributed by atoms with Crippen LogP contribution in [0.15, 0.2) is 65.8 Å². The predicted molar refractivity (Wildman–Crippen MR) is 104 cm³/mol. The molecule has 2 heterocycles. The summed E-state index contributed by atoms with van der Waals surface area (Å²) in [4.78, 5) is 3.98. The number of anilines is 1. The molecular formula is C19H14Cl2N2O2S. The average Bonchev–Trinajstić information content (AvgIpc) is 3.06. The van der Waals surface area contributed by atoms with Gasteiger partial charge in [0.05, 0.1) is 15.7 Å². The quantitative estimate of drug-likeness (QED) is 0.629. The monoisotopic (exact) mass is 404 g/mol. The highest BCUT2D eigenvalue weighted by Crippen LogP contribution is 2.39.